The third-order valence-corrected chi connectivity index (χ3v) is 4.87. The third-order valence-electron chi connectivity index (χ3n) is 4.87. The highest BCUT2D eigenvalue weighted by molar-refractivity contribution is 5.98. The summed E-state index contributed by atoms with van der Waals surface area (Å²) in [6.07, 6.45) is 5.43. The molecule has 26 heavy (non-hydrogen) atoms. The summed E-state index contributed by atoms with van der Waals surface area (Å²) in [7, 11) is 0. The summed E-state index contributed by atoms with van der Waals surface area (Å²) in [5.41, 5.74) is 3.26. The summed E-state index contributed by atoms with van der Waals surface area (Å²) in [5, 5.41) is 17.0. The standard InChI is InChI=1S/C17H17N7O.ClH/c25-15-10-14(11-4-6-18-7-5-11)24-17(20-15)16-12(21-24)2-1-3-13(16)23-9-8-19-22-23;/h1-3,8-11,18H,4-7H2,(H,20,25);1H. The number of piperidine rings is 1. The molecule has 0 atom stereocenters. The Balaban J connectivity index is 0.00000168. The predicted molar refractivity (Wildman–Crippen MR) is 100 cm³/mol. The Morgan fingerprint density at radius 2 is 2.04 bits per heavy atom. The zero-order valence-electron chi connectivity index (χ0n) is 13.9. The molecule has 0 spiro atoms. The van der Waals surface area contributed by atoms with Gasteiger partial charge in [0.05, 0.1) is 34.7 Å². The van der Waals surface area contributed by atoms with Crippen LogP contribution >= 0.6 is 12.4 Å². The lowest BCUT2D eigenvalue weighted by molar-refractivity contribution is 0.446. The molecule has 0 unspecified atom stereocenters. The fraction of sp³-hybridized carbons (Fsp3) is 0.294. The summed E-state index contributed by atoms with van der Waals surface area (Å²) in [6, 6.07) is 7.53. The summed E-state index contributed by atoms with van der Waals surface area (Å²) in [5.74, 6) is 0.329. The van der Waals surface area contributed by atoms with Crippen molar-refractivity contribution < 1.29 is 0 Å². The highest BCUT2D eigenvalue weighted by Crippen LogP contribution is 2.29. The zero-order valence-corrected chi connectivity index (χ0v) is 14.7. The van der Waals surface area contributed by atoms with Crippen LogP contribution in [0.1, 0.15) is 24.5 Å². The summed E-state index contributed by atoms with van der Waals surface area (Å²) in [4.78, 5) is 15.3. The van der Waals surface area contributed by atoms with Gasteiger partial charge in [-0.2, -0.15) is 5.10 Å². The number of fused-ring (bicyclic) bond motifs is 3. The number of halogens is 1. The van der Waals surface area contributed by atoms with Crippen LogP contribution in [-0.4, -0.2) is 42.7 Å². The van der Waals surface area contributed by atoms with Gasteiger partial charge in [0.25, 0.3) is 5.56 Å². The van der Waals surface area contributed by atoms with Gasteiger partial charge in [0.15, 0.2) is 0 Å². The topological polar surface area (TPSA) is 92.9 Å². The normalized spacial score (nSPS) is 15.4. The average molecular weight is 372 g/mol. The van der Waals surface area contributed by atoms with Crippen LogP contribution in [-0.2, 0) is 0 Å². The lowest BCUT2D eigenvalue weighted by Gasteiger charge is -2.23. The van der Waals surface area contributed by atoms with E-state index < -0.39 is 0 Å². The maximum absolute atomic E-state index is 12.3. The lowest BCUT2D eigenvalue weighted by atomic mass is 9.94. The van der Waals surface area contributed by atoms with Crippen molar-refractivity contribution in [3.8, 4) is 5.69 Å². The van der Waals surface area contributed by atoms with Crippen molar-refractivity contribution in [2.24, 2.45) is 0 Å². The lowest BCUT2D eigenvalue weighted by Crippen LogP contribution is -2.28. The van der Waals surface area contributed by atoms with Crippen LogP contribution in [0.3, 0.4) is 0 Å². The third kappa shape index (κ3) is 2.58. The molecule has 0 saturated carbocycles. The molecule has 8 nitrogen and oxygen atoms in total. The first-order valence-electron chi connectivity index (χ1n) is 8.43. The molecule has 0 amide bonds. The highest BCUT2D eigenvalue weighted by atomic mass is 35.5. The van der Waals surface area contributed by atoms with E-state index in [-0.39, 0.29) is 18.0 Å². The Kier molecular flexibility index (Phi) is 4.21. The van der Waals surface area contributed by atoms with Crippen molar-refractivity contribution in [3.63, 3.8) is 0 Å². The Bertz CT molecular complexity index is 1110. The number of hydrogen-bond donors (Lipinski definition) is 2. The molecule has 3 aromatic heterocycles. The number of aromatic amines is 1. The van der Waals surface area contributed by atoms with Gasteiger partial charge >= 0.3 is 0 Å². The second-order valence-corrected chi connectivity index (χ2v) is 6.36. The van der Waals surface area contributed by atoms with Gasteiger partial charge in [-0.1, -0.05) is 11.3 Å². The molecule has 1 aliphatic rings. The molecule has 4 aromatic rings. The highest BCUT2D eigenvalue weighted by Gasteiger charge is 2.21. The number of aromatic nitrogens is 6. The smallest absolute Gasteiger partial charge is 0.251 e. The van der Waals surface area contributed by atoms with Crippen molar-refractivity contribution in [2.45, 2.75) is 18.8 Å². The largest absolute Gasteiger partial charge is 0.317 e. The van der Waals surface area contributed by atoms with Gasteiger partial charge in [0, 0.05) is 12.0 Å². The fourth-order valence-electron chi connectivity index (χ4n) is 3.70. The van der Waals surface area contributed by atoms with E-state index in [1.54, 1.807) is 23.1 Å². The van der Waals surface area contributed by atoms with E-state index in [1.165, 1.54) is 0 Å². The molecule has 1 saturated heterocycles. The maximum atomic E-state index is 12.3. The maximum Gasteiger partial charge on any atom is 0.251 e. The first kappa shape index (κ1) is 16.7. The number of hydrogen-bond acceptors (Lipinski definition) is 5. The molecule has 0 bridgehead atoms. The Morgan fingerprint density at radius 3 is 2.81 bits per heavy atom. The van der Waals surface area contributed by atoms with E-state index in [1.807, 2.05) is 22.7 Å². The van der Waals surface area contributed by atoms with Crippen LogP contribution in [0.2, 0.25) is 0 Å². The number of rotatable bonds is 2. The minimum atomic E-state index is -0.101. The van der Waals surface area contributed by atoms with Crippen molar-refractivity contribution in [1.82, 2.24) is 34.9 Å². The van der Waals surface area contributed by atoms with Crippen LogP contribution in [0.4, 0.5) is 0 Å². The molecule has 1 aliphatic heterocycles. The van der Waals surface area contributed by atoms with E-state index in [4.69, 9.17) is 5.10 Å². The van der Waals surface area contributed by atoms with Crippen molar-refractivity contribution >= 4 is 29.0 Å². The van der Waals surface area contributed by atoms with Crippen LogP contribution in [0, 0.1) is 0 Å². The van der Waals surface area contributed by atoms with E-state index >= 15 is 0 Å². The van der Waals surface area contributed by atoms with Crippen LogP contribution in [0.15, 0.2) is 41.5 Å². The van der Waals surface area contributed by atoms with Crippen LogP contribution in [0.5, 0.6) is 0 Å². The number of H-pyrrole nitrogens is 1. The van der Waals surface area contributed by atoms with Crippen LogP contribution in [0.25, 0.3) is 22.2 Å². The van der Waals surface area contributed by atoms with Gasteiger partial charge in [-0.05, 0) is 38.1 Å². The molecular formula is C17H18ClN7O. The summed E-state index contributed by atoms with van der Waals surface area (Å²) in [6.45, 7) is 1.92. The van der Waals surface area contributed by atoms with Gasteiger partial charge < -0.3 is 10.3 Å². The van der Waals surface area contributed by atoms with E-state index in [0.717, 1.165) is 48.2 Å². The van der Waals surface area contributed by atoms with Gasteiger partial charge in [-0.3, -0.25) is 4.79 Å². The second kappa shape index (κ2) is 6.54. The predicted octanol–water partition coefficient (Wildman–Crippen LogP) is 1.65. The van der Waals surface area contributed by atoms with Crippen LogP contribution < -0.4 is 10.9 Å². The Hall–Kier alpha value is -2.71. The Morgan fingerprint density at radius 1 is 1.19 bits per heavy atom. The fourth-order valence-corrected chi connectivity index (χ4v) is 3.70. The molecule has 5 rings (SSSR count). The molecule has 0 radical (unpaired) electrons. The SMILES string of the molecule is Cl.O=c1cc(C2CCNCC2)n2nc3cccc(-n4ccnn4)c3c2[nH]1. The van der Waals surface area contributed by atoms with Crippen molar-refractivity contribution in [2.75, 3.05) is 13.1 Å². The molecule has 2 N–H and O–H groups in total. The monoisotopic (exact) mass is 371 g/mol. The molecular weight excluding hydrogens is 354 g/mol. The van der Waals surface area contributed by atoms with Gasteiger partial charge in [0.2, 0.25) is 0 Å². The number of nitrogens with zero attached hydrogens (tertiary/aromatic N) is 5. The minimum absolute atomic E-state index is 0. The summed E-state index contributed by atoms with van der Waals surface area (Å²) >= 11 is 0. The number of nitrogens with one attached hydrogen (secondary N) is 2. The molecule has 134 valence electrons. The summed E-state index contributed by atoms with van der Waals surface area (Å²) < 4.78 is 3.59. The van der Waals surface area contributed by atoms with Crippen molar-refractivity contribution in [1.29, 1.82) is 0 Å². The minimum Gasteiger partial charge on any atom is -0.317 e. The van der Waals surface area contributed by atoms with Gasteiger partial charge in [-0.25, -0.2) is 9.20 Å². The molecule has 9 heteroatoms. The zero-order chi connectivity index (χ0) is 16.8. The van der Waals surface area contributed by atoms with E-state index in [0.29, 0.717) is 11.6 Å². The second-order valence-electron chi connectivity index (χ2n) is 6.36. The van der Waals surface area contributed by atoms with Crippen molar-refractivity contribution in [3.05, 3.63) is 52.7 Å². The molecule has 0 aliphatic carbocycles. The average Bonchev–Trinajstić information content (AvgIpc) is 3.29. The molecule has 4 heterocycles. The molecule has 1 fully saturated rings. The first-order valence-corrected chi connectivity index (χ1v) is 8.43. The first-order chi connectivity index (χ1) is 12.3. The quantitative estimate of drug-likeness (QED) is 0.559. The van der Waals surface area contributed by atoms with E-state index in [9.17, 15) is 4.79 Å². The van der Waals surface area contributed by atoms with Gasteiger partial charge in [-0.15, -0.1) is 17.5 Å². The van der Waals surface area contributed by atoms with Gasteiger partial charge in [0.1, 0.15) is 5.65 Å². The Labute approximate surface area is 154 Å². The van der Waals surface area contributed by atoms with E-state index in [2.05, 4.69) is 20.6 Å². The molecule has 1 aromatic carbocycles. The number of benzene rings is 1.